The molecular weight excluding hydrogens is 1040 g/mol. The zero-order valence-electron chi connectivity index (χ0n) is 45.5. The van der Waals surface area contributed by atoms with Crippen LogP contribution in [0.15, 0.2) is 0 Å². The number of hydrogen-bond acceptors (Lipinski definition) is 24. The number of carbonyl (C=O) groups excluding carboxylic acids is 8. The largest absolute Gasteiger partial charge is 0.462 e. The predicted octanol–water partition coefficient (Wildman–Crippen LogP) is 3.89. The van der Waals surface area contributed by atoms with Gasteiger partial charge < -0.3 is 57.5 Å². The van der Waals surface area contributed by atoms with Crippen LogP contribution in [-0.4, -0.2) is 247 Å². The molecule has 0 aromatic rings. The van der Waals surface area contributed by atoms with Gasteiger partial charge in [0.15, 0.2) is 0 Å². The molecule has 0 bridgehead atoms. The van der Waals surface area contributed by atoms with Crippen molar-refractivity contribution >= 4 is 94.8 Å². The van der Waals surface area contributed by atoms with Crippen molar-refractivity contribution in [2.24, 2.45) is 23.7 Å². The second kappa shape index (κ2) is 44.0. The highest BCUT2D eigenvalue weighted by atomic mass is 32.2. The highest BCUT2D eigenvalue weighted by molar-refractivity contribution is 7.99. The first-order chi connectivity index (χ1) is 35.5. The summed E-state index contributed by atoms with van der Waals surface area (Å²) in [7, 11) is 0. The van der Waals surface area contributed by atoms with Crippen molar-refractivity contribution in [2.45, 2.75) is 66.2 Å². The molecule has 0 spiro atoms. The van der Waals surface area contributed by atoms with E-state index in [-0.39, 0.29) is 126 Å². The molecule has 0 N–H and O–H groups in total. The minimum atomic E-state index is -0.432. The van der Waals surface area contributed by atoms with E-state index in [2.05, 4.69) is 9.80 Å². The molecule has 0 aromatic carbocycles. The Bertz CT molecular complexity index is 1410. The fourth-order valence-electron chi connectivity index (χ4n) is 7.26. The molecule has 0 radical (unpaired) electrons. The first-order valence-corrected chi connectivity index (χ1v) is 31.2. The summed E-state index contributed by atoms with van der Waals surface area (Å²) < 4.78 is 42.2. The first kappa shape index (κ1) is 69.0. The quantitative estimate of drug-likeness (QED) is 0.0480. The minimum Gasteiger partial charge on any atom is -0.462 e. The van der Waals surface area contributed by atoms with Crippen molar-refractivity contribution in [2.75, 3.05) is 179 Å². The summed E-state index contributed by atoms with van der Waals surface area (Å²) in [5.74, 6) is -1.50. The molecule has 0 saturated carbocycles. The maximum absolute atomic E-state index is 12.6. The van der Waals surface area contributed by atoms with Gasteiger partial charge >= 0.3 is 47.8 Å². The molecule has 1 aliphatic rings. The van der Waals surface area contributed by atoms with E-state index >= 15 is 0 Å². The lowest BCUT2D eigenvalue weighted by molar-refractivity contribution is -0.154. The number of rotatable bonds is 44. The van der Waals surface area contributed by atoms with Gasteiger partial charge in [-0.25, -0.2) is 0 Å². The molecule has 1 aliphatic heterocycles. The molecule has 0 aromatic heterocycles. The summed E-state index contributed by atoms with van der Waals surface area (Å²) in [4.78, 5) is 108. The lowest BCUT2D eigenvalue weighted by Gasteiger charge is -2.35. The van der Waals surface area contributed by atoms with E-state index in [1.165, 1.54) is 0 Å². The Morgan fingerprint density at radius 3 is 0.797 bits per heavy atom. The SMILES string of the molecule is CSCC(C)C(=O)OCCOC(=O)CCN(CCCN1CCN(CCCN(CCC(=O)OCCOC(=O)C(C)CSC)CCC(=O)OCCOC(=O)C(C)CSC)CC1)CCC(=O)OCCOC(=O)C(C)CSC. The Morgan fingerprint density at radius 1 is 0.365 bits per heavy atom. The van der Waals surface area contributed by atoms with Crippen LogP contribution in [0.25, 0.3) is 0 Å². The Hall–Kier alpha value is -3.00. The van der Waals surface area contributed by atoms with Crippen LogP contribution in [0.4, 0.5) is 0 Å². The number of thioether (sulfide) groups is 4. The van der Waals surface area contributed by atoms with Crippen LogP contribution in [0.1, 0.15) is 66.2 Å². The Labute approximate surface area is 457 Å². The van der Waals surface area contributed by atoms with Crippen molar-refractivity contribution in [3.8, 4) is 0 Å². The maximum atomic E-state index is 12.6. The van der Waals surface area contributed by atoms with Gasteiger partial charge in [0.2, 0.25) is 0 Å². The van der Waals surface area contributed by atoms with E-state index < -0.39 is 23.9 Å². The van der Waals surface area contributed by atoms with Gasteiger partial charge in [-0.2, -0.15) is 47.0 Å². The van der Waals surface area contributed by atoms with Crippen LogP contribution >= 0.6 is 47.0 Å². The molecule has 4 unspecified atom stereocenters. The summed E-state index contributed by atoms with van der Waals surface area (Å²) in [5, 5.41) is 0. The average molecular weight is 1130 g/mol. The molecule has 0 amide bonds. The molecule has 1 saturated heterocycles. The zero-order valence-corrected chi connectivity index (χ0v) is 48.7. The Balaban J connectivity index is 2.68. The van der Waals surface area contributed by atoms with Crippen LogP contribution in [-0.2, 0) is 76.3 Å². The molecule has 74 heavy (non-hydrogen) atoms. The highest BCUT2D eigenvalue weighted by Crippen LogP contribution is 2.11. The van der Waals surface area contributed by atoms with Gasteiger partial charge in [-0.3, -0.25) is 38.4 Å². The van der Waals surface area contributed by atoms with Gasteiger partial charge in [0.05, 0.1) is 49.4 Å². The molecule has 4 atom stereocenters. The smallest absolute Gasteiger partial charge is 0.309 e. The third-order valence-corrected chi connectivity index (χ3v) is 14.9. The molecule has 20 nitrogen and oxygen atoms in total. The molecular formula is C50H88N4O16S4. The predicted molar refractivity (Wildman–Crippen MR) is 291 cm³/mol. The van der Waals surface area contributed by atoms with Crippen molar-refractivity contribution in [1.29, 1.82) is 0 Å². The van der Waals surface area contributed by atoms with E-state index in [0.29, 0.717) is 62.3 Å². The lowest BCUT2D eigenvalue weighted by atomic mass is 10.2. The number of esters is 8. The summed E-state index contributed by atoms with van der Waals surface area (Å²) in [6, 6.07) is 0. The minimum absolute atomic E-state index is 0.0184. The van der Waals surface area contributed by atoms with Crippen LogP contribution < -0.4 is 0 Å². The number of hydrogen-bond donors (Lipinski definition) is 0. The van der Waals surface area contributed by atoms with Gasteiger partial charge in [0.1, 0.15) is 52.9 Å². The molecule has 0 aliphatic carbocycles. The van der Waals surface area contributed by atoms with E-state index in [0.717, 1.165) is 52.1 Å². The molecule has 1 fully saturated rings. The van der Waals surface area contributed by atoms with Crippen molar-refractivity contribution in [1.82, 2.24) is 19.6 Å². The van der Waals surface area contributed by atoms with Crippen LogP contribution in [0, 0.1) is 23.7 Å². The van der Waals surface area contributed by atoms with Crippen LogP contribution in [0.2, 0.25) is 0 Å². The summed E-state index contributed by atoms with van der Waals surface area (Å²) >= 11 is 6.21. The normalized spacial score (nSPS) is 14.6. The van der Waals surface area contributed by atoms with Crippen LogP contribution in [0.3, 0.4) is 0 Å². The van der Waals surface area contributed by atoms with Gasteiger partial charge in [-0.05, 0) is 64.0 Å². The summed E-state index contributed by atoms with van der Waals surface area (Å²) in [5.41, 5.74) is 0. The Morgan fingerprint density at radius 2 is 0.581 bits per heavy atom. The van der Waals surface area contributed by atoms with E-state index in [9.17, 15) is 38.4 Å². The van der Waals surface area contributed by atoms with E-state index in [4.69, 9.17) is 37.9 Å². The monoisotopic (exact) mass is 1130 g/mol. The van der Waals surface area contributed by atoms with E-state index in [1.54, 1.807) is 74.7 Å². The van der Waals surface area contributed by atoms with Gasteiger partial charge in [0, 0.05) is 75.4 Å². The Kier molecular flexibility index (Phi) is 41.1. The maximum Gasteiger partial charge on any atom is 0.309 e. The van der Waals surface area contributed by atoms with Gasteiger partial charge in [0.25, 0.3) is 0 Å². The first-order valence-electron chi connectivity index (χ1n) is 25.7. The zero-order chi connectivity index (χ0) is 54.9. The number of piperazine rings is 1. The average Bonchev–Trinajstić information content (AvgIpc) is 3.38. The second-order valence-corrected chi connectivity index (χ2v) is 21.7. The van der Waals surface area contributed by atoms with Crippen LogP contribution in [0.5, 0.6) is 0 Å². The molecule has 24 heteroatoms. The fraction of sp³-hybridized carbons (Fsp3) is 0.840. The third kappa shape index (κ3) is 35.4. The summed E-state index contributed by atoms with van der Waals surface area (Å²) in [6.45, 7) is 14.7. The standard InChI is InChI=1S/C50H88N4O16S4/c1-39(35-71-5)47(59)67-31-27-63-43(55)11-19-51(20-12-44(56)64-28-32-68-48(60)40(2)36-72-6)15-9-17-53-23-25-54(26-24-53)18-10-16-52(21-13-45(57)65-29-33-69-49(61)41(3)37-73-7)22-14-46(58)66-30-34-70-50(62)42(4)38-74-8/h39-42H,9-38H2,1-8H3. The van der Waals surface area contributed by atoms with Gasteiger partial charge in [-0.1, -0.05) is 27.7 Å². The highest BCUT2D eigenvalue weighted by Gasteiger charge is 2.21. The second-order valence-electron chi connectivity index (χ2n) is 18.1. The number of nitrogens with zero attached hydrogens (tertiary/aromatic N) is 4. The number of carbonyl (C=O) groups is 8. The van der Waals surface area contributed by atoms with Crippen molar-refractivity contribution < 1.29 is 76.3 Å². The topological polar surface area (TPSA) is 223 Å². The van der Waals surface area contributed by atoms with Gasteiger partial charge in [-0.15, -0.1) is 0 Å². The lowest BCUT2D eigenvalue weighted by Crippen LogP contribution is -2.47. The molecule has 1 heterocycles. The molecule has 1 rings (SSSR count). The summed E-state index contributed by atoms with van der Waals surface area (Å²) in [6.07, 6.45) is 9.61. The fourth-order valence-corrected chi connectivity index (χ4v) is 9.81. The molecule has 428 valence electrons. The van der Waals surface area contributed by atoms with E-state index in [1.807, 2.05) is 34.8 Å². The third-order valence-electron chi connectivity index (χ3n) is 11.5. The van der Waals surface area contributed by atoms with Crippen molar-refractivity contribution in [3.05, 3.63) is 0 Å². The van der Waals surface area contributed by atoms with Crippen molar-refractivity contribution in [3.63, 3.8) is 0 Å². The number of ether oxygens (including phenoxy) is 8.